The molecular formula is C15H21FN3O6PS. The number of hydrogen-bond donors (Lipinski definition) is 4. The Morgan fingerprint density at radius 3 is 2.52 bits per heavy atom. The second-order valence-corrected chi connectivity index (χ2v) is 8.04. The van der Waals surface area contributed by atoms with Gasteiger partial charge in [0.15, 0.2) is 11.6 Å². The second-order valence-electron chi connectivity index (χ2n) is 5.73. The Labute approximate surface area is 158 Å². The molecule has 0 aliphatic carbocycles. The zero-order chi connectivity index (χ0) is 20.2. The number of hydrogen-bond acceptors (Lipinski definition) is 5. The summed E-state index contributed by atoms with van der Waals surface area (Å²) < 4.78 is 45.5. The highest BCUT2D eigenvalue weighted by Crippen LogP contribution is 2.45. The molecule has 1 aromatic rings. The lowest BCUT2D eigenvalue weighted by molar-refractivity contribution is -0.117. The van der Waals surface area contributed by atoms with Gasteiger partial charge in [0.1, 0.15) is 12.2 Å². The Bertz CT molecular complexity index is 828. The van der Waals surface area contributed by atoms with E-state index >= 15 is 0 Å². The maximum atomic E-state index is 15.0. The zero-order valence-electron chi connectivity index (χ0n) is 14.8. The van der Waals surface area contributed by atoms with Gasteiger partial charge in [-0.3, -0.25) is 23.6 Å². The molecule has 12 heteroatoms. The van der Waals surface area contributed by atoms with E-state index in [1.807, 2.05) is 0 Å². The van der Waals surface area contributed by atoms with Gasteiger partial charge < -0.3 is 9.84 Å². The molecule has 2 heterocycles. The maximum Gasteiger partial charge on any atom is 0.524 e. The fourth-order valence-corrected chi connectivity index (χ4v) is 3.79. The van der Waals surface area contributed by atoms with Crippen LogP contribution < -0.4 is 18.9 Å². The van der Waals surface area contributed by atoms with Gasteiger partial charge in [-0.25, -0.2) is 13.2 Å². The molecule has 1 unspecified atom stereocenters. The van der Waals surface area contributed by atoms with Crippen molar-refractivity contribution in [2.75, 3.05) is 23.9 Å². The smallest absolute Gasteiger partial charge is 0.402 e. The first-order valence-electron chi connectivity index (χ1n) is 8.14. The van der Waals surface area contributed by atoms with E-state index in [1.54, 1.807) is 6.08 Å². The molecule has 0 saturated carbocycles. The summed E-state index contributed by atoms with van der Waals surface area (Å²) in [4.78, 5) is 29.4. The van der Waals surface area contributed by atoms with E-state index in [2.05, 4.69) is 28.4 Å². The monoisotopic (exact) mass is 421 g/mol. The molecular weight excluding hydrogens is 400 g/mol. The Morgan fingerprint density at radius 1 is 1.37 bits per heavy atom. The summed E-state index contributed by atoms with van der Waals surface area (Å²) in [5.74, 6) is -1.98. The van der Waals surface area contributed by atoms with Crippen molar-refractivity contribution < 1.29 is 32.3 Å². The van der Waals surface area contributed by atoms with E-state index in [9.17, 15) is 18.0 Å². The van der Waals surface area contributed by atoms with Crippen LogP contribution in [0.1, 0.15) is 25.8 Å². The van der Waals surface area contributed by atoms with Gasteiger partial charge in [0, 0.05) is 18.7 Å². The number of anilines is 1. The Hall–Kier alpha value is -1.78. The summed E-state index contributed by atoms with van der Waals surface area (Å²) >= 11 is -2.07. The first-order chi connectivity index (χ1) is 12.7. The summed E-state index contributed by atoms with van der Waals surface area (Å²) in [6, 6.07) is 2.49. The molecule has 0 aromatic heterocycles. The minimum atomic E-state index is -4.97. The van der Waals surface area contributed by atoms with Gasteiger partial charge in [-0.05, 0) is 17.7 Å². The molecule has 0 spiro atoms. The van der Waals surface area contributed by atoms with Crippen LogP contribution in [0, 0.1) is 5.82 Å². The number of phosphoric acid groups is 1. The number of nitrogens with one attached hydrogen (secondary N) is 2. The standard InChI is InChI=1S/C12H13FN3O6PS.C3H8/c13-11-8(7-3-4-14-5-7)1-2-9(22-23(18,19)20)12(11)16-6-10(17)15-24(16)21;1-3-2/h1-3,14H,4-6H2,(H,15,17)(H2,18,19,20);3H2,1-2H3. The average molecular weight is 421 g/mol. The quantitative estimate of drug-likeness (QED) is 0.538. The molecule has 1 amide bonds. The Morgan fingerprint density at radius 2 is 2.04 bits per heavy atom. The Kier molecular flexibility index (Phi) is 7.12. The van der Waals surface area contributed by atoms with Crippen LogP contribution in [-0.2, 0) is 20.5 Å². The second kappa shape index (κ2) is 8.94. The molecule has 1 atom stereocenters. The molecule has 0 bridgehead atoms. The van der Waals surface area contributed by atoms with Gasteiger partial charge in [0.05, 0.1) is 0 Å². The highest BCUT2D eigenvalue weighted by molar-refractivity contribution is 7.85. The van der Waals surface area contributed by atoms with Crippen LogP contribution in [0.25, 0.3) is 5.57 Å². The third-order valence-corrected chi connectivity index (χ3v) is 4.94. The van der Waals surface area contributed by atoms with E-state index in [-0.39, 0.29) is 5.56 Å². The summed E-state index contributed by atoms with van der Waals surface area (Å²) in [7, 11) is -4.97. The van der Waals surface area contributed by atoms with Crippen molar-refractivity contribution in [3.8, 4) is 5.75 Å². The van der Waals surface area contributed by atoms with Gasteiger partial charge >= 0.3 is 7.82 Å². The Balaban J connectivity index is 0.000000817. The lowest BCUT2D eigenvalue weighted by Gasteiger charge is -2.21. The minimum Gasteiger partial charge on any atom is -0.402 e. The molecule has 2 aliphatic heterocycles. The van der Waals surface area contributed by atoms with Crippen LogP contribution in [0.4, 0.5) is 10.1 Å². The minimum absolute atomic E-state index is 0.171. The first kappa shape index (κ1) is 21.5. The highest BCUT2D eigenvalue weighted by Gasteiger charge is 2.34. The summed E-state index contributed by atoms with van der Waals surface area (Å²) in [6.45, 7) is 4.79. The van der Waals surface area contributed by atoms with Crippen molar-refractivity contribution in [1.29, 1.82) is 0 Å². The molecule has 2 aliphatic rings. The van der Waals surface area contributed by atoms with Crippen LogP contribution >= 0.6 is 7.82 Å². The third kappa shape index (κ3) is 5.36. The molecule has 9 nitrogen and oxygen atoms in total. The number of nitrogens with zero attached hydrogens (tertiary/aromatic N) is 1. The molecule has 3 rings (SSSR count). The normalized spacial score (nSPS) is 19.3. The van der Waals surface area contributed by atoms with Crippen molar-refractivity contribution in [2.45, 2.75) is 20.3 Å². The van der Waals surface area contributed by atoms with E-state index in [1.165, 1.54) is 18.6 Å². The van der Waals surface area contributed by atoms with Crippen molar-refractivity contribution in [3.63, 3.8) is 0 Å². The van der Waals surface area contributed by atoms with Crippen LogP contribution in [-0.4, -0.2) is 39.5 Å². The van der Waals surface area contributed by atoms with E-state index in [0.717, 1.165) is 4.31 Å². The third-order valence-electron chi connectivity index (χ3n) is 3.39. The zero-order valence-corrected chi connectivity index (χ0v) is 16.5. The summed E-state index contributed by atoms with van der Waals surface area (Å²) in [5, 5.41) is 3.00. The van der Waals surface area contributed by atoms with Gasteiger partial charge in [0.25, 0.3) is 5.91 Å². The van der Waals surface area contributed by atoms with Crippen LogP contribution in [0.15, 0.2) is 18.2 Å². The number of carbonyl (C=O) groups is 1. The van der Waals surface area contributed by atoms with Crippen molar-refractivity contribution >= 4 is 36.2 Å². The van der Waals surface area contributed by atoms with E-state index in [4.69, 9.17) is 9.79 Å². The van der Waals surface area contributed by atoms with Crippen molar-refractivity contribution in [3.05, 3.63) is 29.6 Å². The van der Waals surface area contributed by atoms with Crippen LogP contribution in [0.2, 0.25) is 0 Å². The maximum absolute atomic E-state index is 15.0. The lowest BCUT2D eigenvalue weighted by Crippen LogP contribution is -2.24. The van der Waals surface area contributed by atoms with Crippen LogP contribution in [0.3, 0.4) is 0 Å². The largest absolute Gasteiger partial charge is 0.524 e. The van der Waals surface area contributed by atoms with Crippen molar-refractivity contribution in [2.24, 2.45) is 0 Å². The number of halogens is 1. The molecule has 1 saturated heterocycles. The molecule has 0 radical (unpaired) electrons. The fraction of sp³-hybridized carbons (Fsp3) is 0.400. The molecule has 4 N–H and O–H groups in total. The molecule has 27 heavy (non-hydrogen) atoms. The lowest BCUT2D eigenvalue weighted by atomic mass is 10.0. The van der Waals surface area contributed by atoms with Gasteiger partial charge in [-0.2, -0.15) is 0 Å². The SMILES string of the molecule is CCC.O=C1CN(c2c(OP(=O)(O)O)ccc(C3=CCNC3)c2F)S(=O)N1. The number of rotatable bonds is 4. The predicted molar refractivity (Wildman–Crippen MR) is 99.5 cm³/mol. The van der Waals surface area contributed by atoms with Gasteiger partial charge in [-0.1, -0.05) is 26.3 Å². The number of benzene rings is 1. The van der Waals surface area contributed by atoms with E-state index < -0.39 is 48.7 Å². The molecule has 1 fully saturated rings. The molecule has 1 aromatic carbocycles. The van der Waals surface area contributed by atoms with Gasteiger partial charge in [0.2, 0.25) is 11.2 Å². The highest BCUT2D eigenvalue weighted by atomic mass is 32.2. The fourth-order valence-electron chi connectivity index (χ4n) is 2.44. The number of phosphoric ester groups is 1. The number of carbonyl (C=O) groups excluding carboxylic acids is 1. The van der Waals surface area contributed by atoms with Gasteiger partial charge in [-0.15, -0.1) is 0 Å². The van der Waals surface area contributed by atoms with Crippen molar-refractivity contribution in [1.82, 2.24) is 10.0 Å². The first-order valence-corrected chi connectivity index (χ1v) is 10.8. The average Bonchev–Trinajstić information content (AvgIpc) is 3.17. The predicted octanol–water partition coefficient (Wildman–Crippen LogP) is 1.22. The number of amides is 1. The summed E-state index contributed by atoms with van der Waals surface area (Å²) in [5.41, 5.74) is 0.366. The topological polar surface area (TPSA) is 128 Å². The molecule has 150 valence electrons. The van der Waals surface area contributed by atoms with Crippen LogP contribution in [0.5, 0.6) is 5.75 Å². The summed E-state index contributed by atoms with van der Waals surface area (Å²) in [6.07, 6.45) is 3.01. The van der Waals surface area contributed by atoms with E-state index in [0.29, 0.717) is 18.7 Å².